The first-order valence-corrected chi connectivity index (χ1v) is 11.2. The zero-order valence-corrected chi connectivity index (χ0v) is 19.8. The quantitative estimate of drug-likeness (QED) is 0.305. The maximum atomic E-state index is 14.6. The molecule has 0 saturated carbocycles. The number of hydrogen-bond acceptors (Lipinski definition) is 6. The lowest BCUT2D eigenvalue weighted by atomic mass is 10.0. The number of aryl methyl sites for hydroxylation is 3. The molecule has 34 heavy (non-hydrogen) atoms. The molecule has 0 bridgehead atoms. The van der Waals surface area contributed by atoms with E-state index in [2.05, 4.69) is 20.4 Å². The fraction of sp³-hybridized carbons (Fsp3) is 0.269. The molecular formula is C26H26FN5O2. The summed E-state index contributed by atoms with van der Waals surface area (Å²) >= 11 is 0. The second-order valence-corrected chi connectivity index (χ2v) is 8.39. The number of ether oxygens (including phenoxy) is 1. The fourth-order valence-corrected chi connectivity index (χ4v) is 4.59. The van der Waals surface area contributed by atoms with Crippen molar-refractivity contribution in [2.24, 2.45) is 0 Å². The van der Waals surface area contributed by atoms with E-state index >= 15 is 0 Å². The average molecular weight is 460 g/mol. The minimum Gasteiger partial charge on any atom is -0.496 e. The Hall–Kier alpha value is -3.94. The number of aromatic amines is 1. The first kappa shape index (κ1) is 21.9. The molecule has 3 aromatic heterocycles. The largest absolute Gasteiger partial charge is 0.496 e. The second kappa shape index (κ2) is 8.44. The van der Waals surface area contributed by atoms with Gasteiger partial charge in [-0.3, -0.25) is 0 Å². The van der Waals surface area contributed by atoms with Gasteiger partial charge < -0.3 is 19.6 Å². The minimum atomic E-state index is -0.243. The van der Waals surface area contributed by atoms with Gasteiger partial charge in [0.05, 0.1) is 29.8 Å². The molecule has 7 nitrogen and oxygen atoms in total. The molecule has 0 saturated heterocycles. The number of H-pyrrole nitrogens is 1. The molecule has 8 heteroatoms. The van der Waals surface area contributed by atoms with Crippen LogP contribution in [-0.4, -0.2) is 27.2 Å². The highest BCUT2D eigenvalue weighted by atomic mass is 19.1. The summed E-state index contributed by atoms with van der Waals surface area (Å²) in [5.74, 6) is 2.43. The second-order valence-electron chi connectivity index (χ2n) is 8.39. The Morgan fingerprint density at radius 3 is 2.62 bits per heavy atom. The summed E-state index contributed by atoms with van der Waals surface area (Å²) in [5.41, 5.74) is 4.77. The van der Waals surface area contributed by atoms with Gasteiger partial charge in [0.1, 0.15) is 34.6 Å². The van der Waals surface area contributed by atoms with Crippen LogP contribution in [0.3, 0.4) is 0 Å². The standard InChI is InChI=1S/C26H26FN5O2/c1-6-20(16-9-7-8-10-19(16)27)30-25-24-17-12-22(33-5)18(23-13(2)32-34-14(23)3)11-21(17)31-26(24)29-15(4)28-25/h7-12,20H,6H2,1-5H3,(H2,28,29,30,31). The lowest BCUT2D eigenvalue weighted by molar-refractivity contribution is 0.393. The predicted octanol–water partition coefficient (Wildman–Crippen LogP) is 6.40. The average Bonchev–Trinajstić information content (AvgIpc) is 3.34. The number of fused-ring (bicyclic) bond motifs is 3. The number of halogens is 1. The summed E-state index contributed by atoms with van der Waals surface area (Å²) in [4.78, 5) is 12.7. The maximum absolute atomic E-state index is 14.6. The Morgan fingerprint density at radius 1 is 1.15 bits per heavy atom. The van der Waals surface area contributed by atoms with Crippen LogP contribution in [0, 0.1) is 26.6 Å². The van der Waals surface area contributed by atoms with Gasteiger partial charge in [-0.25, -0.2) is 14.4 Å². The van der Waals surface area contributed by atoms with Crippen LogP contribution in [0.15, 0.2) is 40.9 Å². The molecular weight excluding hydrogens is 433 g/mol. The van der Waals surface area contributed by atoms with Crippen molar-refractivity contribution in [3.8, 4) is 16.9 Å². The maximum Gasteiger partial charge on any atom is 0.144 e. The van der Waals surface area contributed by atoms with Crippen LogP contribution in [0.1, 0.15) is 42.2 Å². The SMILES string of the molecule is CCC(Nc1nc(C)nc2[nH]c3cc(-c4c(C)noc4C)c(OC)cc3c12)c1ccccc1F. The van der Waals surface area contributed by atoms with E-state index in [0.717, 1.165) is 38.9 Å². The lowest BCUT2D eigenvalue weighted by Gasteiger charge is -2.19. The van der Waals surface area contributed by atoms with Crippen molar-refractivity contribution in [2.75, 3.05) is 12.4 Å². The Morgan fingerprint density at radius 2 is 1.94 bits per heavy atom. The van der Waals surface area contributed by atoms with Crippen LogP contribution >= 0.6 is 0 Å². The van der Waals surface area contributed by atoms with Gasteiger partial charge in [-0.05, 0) is 45.4 Å². The predicted molar refractivity (Wildman–Crippen MR) is 131 cm³/mol. The first-order chi connectivity index (χ1) is 16.4. The molecule has 0 radical (unpaired) electrons. The summed E-state index contributed by atoms with van der Waals surface area (Å²) in [6.45, 7) is 7.65. The van der Waals surface area contributed by atoms with E-state index in [4.69, 9.17) is 14.2 Å². The lowest BCUT2D eigenvalue weighted by Crippen LogP contribution is -2.13. The van der Waals surface area contributed by atoms with Gasteiger partial charge in [0.15, 0.2) is 0 Å². The van der Waals surface area contributed by atoms with E-state index in [0.29, 0.717) is 35.0 Å². The molecule has 1 atom stereocenters. The third-order valence-corrected chi connectivity index (χ3v) is 6.19. The molecule has 5 rings (SSSR count). The van der Waals surface area contributed by atoms with Crippen molar-refractivity contribution in [3.63, 3.8) is 0 Å². The smallest absolute Gasteiger partial charge is 0.144 e. The van der Waals surface area contributed by atoms with Crippen LogP contribution in [0.4, 0.5) is 10.2 Å². The van der Waals surface area contributed by atoms with Crippen molar-refractivity contribution in [1.82, 2.24) is 20.1 Å². The van der Waals surface area contributed by atoms with Gasteiger partial charge >= 0.3 is 0 Å². The fourth-order valence-electron chi connectivity index (χ4n) is 4.59. The Kier molecular flexibility index (Phi) is 5.43. The molecule has 0 amide bonds. The third-order valence-electron chi connectivity index (χ3n) is 6.19. The Bertz CT molecular complexity index is 1500. The van der Waals surface area contributed by atoms with E-state index in [1.807, 2.05) is 45.9 Å². The van der Waals surface area contributed by atoms with Crippen molar-refractivity contribution >= 4 is 27.8 Å². The molecule has 0 fully saturated rings. The molecule has 5 aromatic rings. The van der Waals surface area contributed by atoms with Crippen LogP contribution in [0.25, 0.3) is 33.1 Å². The summed E-state index contributed by atoms with van der Waals surface area (Å²) in [7, 11) is 1.64. The van der Waals surface area contributed by atoms with Gasteiger partial charge in [-0.2, -0.15) is 0 Å². The van der Waals surface area contributed by atoms with Crippen LogP contribution < -0.4 is 10.1 Å². The first-order valence-electron chi connectivity index (χ1n) is 11.2. The molecule has 0 aliphatic carbocycles. The van der Waals surface area contributed by atoms with Crippen LogP contribution in [0.5, 0.6) is 5.75 Å². The highest BCUT2D eigenvalue weighted by molar-refractivity contribution is 6.12. The van der Waals surface area contributed by atoms with Gasteiger partial charge in [-0.1, -0.05) is 30.3 Å². The molecule has 3 heterocycles. The summed E-state index contributed by atoms with van der Waals surface area (Å²) in [5, 5.41) is 9.30. The highest BCUT2D eigenvalue weighted by Crippen LogP contribution is 2.41. The zero-order valence-electron chi connectivity index (χ0n) is 19.8. The molecule has 0 aliphatic rings. The third kappa shape index (κ3) is 3.55. The van der Waals surface area contributed by atoms with Gasteiger partial charge in [-0.15, -0.1) is 0 Å². The van der Waals surface area contributed by atoms with Crippen molar-refractivity contribution in [3.05, 3.63) is 65.1 Å². The van der Waals surface area contributed by atoms with E-state index in [9.17, 15) is 4.39 Å². The number of rotatable bonds is 6. The van der Waals surface area contributed by atoms with E-state index in [1.54, 1.807) is 19.2 Å². The summed E-state index contributed by atoms with van der Waals surface area (Å²) in [6, 6.07) is 10.6. The topological polar surface area (TPSA) is 88.9 Å². The van der Waals surface area contributed by atoms with Crippen LogP contribution in [0.2, 0.25) is 0 Å². The molecule has 1 unspecified atom stereocenters. The van der Waals surface area contributed by atoms with Crippen molar-refractivity contribution in [2.45, 2.75) is 40.2 Å². The van der Waals surface area contributed by atoms with Gasteiger partial charge in [0.25, 0.3) is 0 Å². The number of benzene rings is 2. The molecule has 0 aliphatic heterocycles. The Balaban J connectivity index is 1.71. The molecule has 0 spiro atoms. The van der Waals surface area contributed by atoms with E-state index in [-0.39, 0.29) is 11.9 Å². The molecule has 2 N–H and O–H groups in total. The van der Waals surface area contributed by atoms with Crippen molar-refractivity contribution < 1.29 is 13.7 Å². The highest BCUT2D eigenvalue weighted by Gasteiger charge is 2.22. The number of nitrogens with zero attached hydrogens (tertiary/aromatic N) is 3. The van der Waals surface area contributed by atoms with Gasteiger partial charge in [0.2, 0.25) is 0 Å². The monoisotopic (exact) mass is 459 g/mol. The summed E-state index contributed by atoms with van der Waals surface area (Å²) in [6.07, 6.45) is 0.688. The van der Waals surface area contributed by atoms with Crippen molar-refractivity contribution in [1.29, 1.82) is 0 Å². The number of anilines is 1. The summed E-state index contributed by atoms with van der Waals surface area (Å²) < 4.78 is 25.7. The van der Waals surface area contributed by atoms with E-state index in [1.165, 1.54) is 6.07 Å². The number of nitrogens with one attached hydrogen (secondary N) is 2. The minimum absolute atomic E-state index is 0.242. The number of hydrogen-bond donors (Lipinski definition) is 2. The van der Waals surface area contributed by atoms with Crippen LogP contribution in [-0.2, 0) is 0 Å². The molecule has 174 valence electrons. The normalized spacial score (nSPS) is 12.4. The zero-order chi connectivity index (χ0) is 24.0. The Labute approximate surface area is 196 Å². The number of methoxy groups -OCH3 is 1. The molecule has 2 aromatic carbocycles. The van der Waals surface area contributed by atoms with Gasteiger partial charge in [0, 0.05) is 22.0 Å². The van der Waals surface area contributed by atoms with E-state index < -0.39 is 0 Å². The number of aromatic nitrogens is 4.